The van der Waals surface area contributed by atoms with Crippen LogP contribution in [0, 0.1) is 5.92 Å². The van der Waals surface area contributed by atoms with Crippen LogP contribution in [-0.2, 0) is 4.74 Å². The van der Waals surface area contributed by atoms with Crippen molar-refractivity contribution in [3.05, 3.63) is 0 Å². The smallest absolute Gasteiger partial charge is 0.0693 e. The van der Waals surface area contributed by atoms with E-state index in [0.29, 0.717) is 12.1 Å². The third kappa shape index (κ3) is 4.06. The molecule has 16 heavy (non-hydrogen) atoms. The van der Waals surface area contributed by atoms with Crippen molar-refractivity contribution >= 4 is 0 Å². The molecule has 0 aromatic carbocycles. The molecule has 4 unspecified atom stereocenters. The van der Waals surface area contributed by atoms with E-state index in [-0.39, 0.29) is 0 Å². The maximum atomic E-state index is 5.39. The highest BCUT2D eigenvalue weighted by Crippen LogP contribution is 2.28. The maximum Gasteiger partial charge on any atom is 0.0693 e. The van der Waals surface area contributed by atoms with E-state index in [0.717, 1.165) is 12.0 Å². The first-order chi connectivity index (χ1) is 7.69. The summed E-state index contributed by atoms with van der Waals surface area (Å²) in [5.74, 6) is 0.894. The van der Waals surface area contributed by atoms with Crippen LogP contribution in [0.1, 0.15) is 59.3 Å². The lowest BCUT2D eigenvalue weighted by Gasteiger charge is -2.35. The molecule has 0 aromatic rings. The van der Waals surface area contributed by atoms with Crippen LogP contribution in [-0.4, -0.2) is 25.3 Å². The highest BCUT2D eigenvalue weighted by Gasteiger charge is 2.26. The summed E-state index contributed by atoms with van der Waals surface area (Å²) in [4.78, 5) is 0. The summed E-state index contributed by atoms with van der Waals surface area (Å²) in [6.45, 7) is 6.69. The minimum Gasteiger partial charge on any atom is -0.380 e. The van der Waals surface area contributed by atoms with Gasteiger partial charge in [-0.2, -0.15) is 0 Å². The topological polar surface area (TPSA) is 21.3 Å². The Morgan fingerprint density at radius 3 is 2.56 bits per heavy atom. The van der Waals surface area contributed by atoms with Crippen LogP contribution in [0.5, 0.6) is 0 Å². The van der Waals surface area contributed by atoms with E-state index in [4.69, 9.17) is 4.74 Å². The van der Waals surface area contributed by atoms with Gasteiger partial charge in [-0.3, -0.25) is 0 Å². The monoisotopic (exact) mass is 227 g/mol. The first-order valence-electron chi connectivity index (χ1n) is 6.97. The van der Waals surface area contributed by atoms with Gasteiger partial charge in [0.1, 0.15) is 0 Å². The van der Waals surface area contributed by atoms with Crippen molar-refractivity contribution < 1.29 is 4.74 Å². The lowest BCUT2D eigenvalue weighted by molar-refractivity contribution is 0.0760. The fourth-order valence-electron chi connectivity index (χ4n) is 2.82. The average Bonchev–Trinajstić information content (AvgIpc) is 2.31. The molecule has 0 radical (unpaired) electrons. The standard InChI is InChI=1S/C14H29NO/c1-5-8-13-9-6-7-10-14(13)15-11(2)12(3)16-4/h11-15H,5-10H2,1-4H3. The third-order valence-corrected chi connectivity index (χ3v) is 4.12. The van der Waals surface area contributed by atoms with Gasteiger partial charge in [0, 0.05) is 19.2 Å². The fraction of sp³-hybridized carbons (Fsp3) is 1.00. The van der Waals surface area contributed by atoms with Gasteiger partial charge < -0.3 is 10.1 Å². The Hall–Kier alpha value is -0.0800. The van der Waals surface area contributed by atoms with Gasteiger partial charge in [0.2, 0.25) is 0 Å². The van der Waals surface area contributed by atoms with Crippen molar-refractivity contribution in [3.63, 3.8) is 0 Å². The van der Waals surface area contributed by atoms with E-state index in [1.54, 1.807) is 7.11 Å². The molecule has 1 rings (SSSR count). The van der Waals surface area contributed by atoms with Crippen LogP contribution < -0.4 is 5.32 Å². The highest BCUT2D eigenvalue weighted by molar-refractivity contribution is 4.84. The van der Waals surface area contributed by atoms with Gasteiger partial charge in [-0.25, -0.2) is 0 Å². The van der Waals surface area contributed by atoms with Crippen molar-refractivity contribution in [2.24, 2.45) is 5.92 Å². The van der Waals surface area contributed by atoms with Gasteiger partial charge in [0.25, 0.3) is 0 Å². The second-order valence-electron chi connectivity index (χ2n) is 5.34. The molecular weight excluding hydrogens is 198 g/mol. The zero-order chi connectivity index (χ0) is 12.0. The second kappa shape index (κ2) is 7.29. The van der Waals surface area contributed by atoms with E-state index >= 15 is 0 Å². The molecule has 0 aliphatic heterocycles. The SMILES string of the molecule is CCCC1CCCCC1NC(C)C(C)OC. The van der Waals surface area contributed by atoms with Gasteiger partial charge >= 0.3 is 0 Å². The Bertz CT molecular complexity index is 182. The van der Waals surface area contributed by atoms with Crippen molar-refractivity contribution in [3.8, 4) is 0 Å². The maximum absolute atomic E-state index is 5.39. The summed E-state index contributed by atoms with van der Waals surface area (Å²) in [7, 11) is 1.80. The van der Waals surface area contributed by atoms with E-state index in [9.17, 15) is 0 Å². The van der Waals surface area contributed by atoms with Crippen molar-refractivity contribution in [1.29, 1.82) is 0 Å². The summed E-state index contributed by atoms with van der Waals surface area (Å²) >= 11 is 0. The third-order valence-electron chi connectivity index (χ3n) is 4.12. The zero-order valence-electron chi connectivity index (χ0n) is 11.5. The van der Waals surface area contributed by atoms with E-state index in [2.05, 4.69) is 26.1 Å². The molecule has 2 heteroatoms. The molecule has 0 aromatic heterocycles. The molecular formula is C14H29NO. The predicted octanol–water partition coefficient (Wildman–Crippen LogP) is 3.36. The summed E-state index contributed by atoms with van der Waals surface area (Å²) in [6.07, 6.45) is 8.60. The Morgan fingerprint density at radius 1 is 1.25 bits per heavy atom. The quantitative estimate of drug-likeness (QED) is 0.751. The van der Waals surface area contributed by atoms with Gasteiger partial charge in [-0.15, -0.1) is 0 Å². The van der Waals surface area contributed by atoms with Crippen LogP contribution in [0.25, 0.3) is 0 Å². The molecule has 0 amide bonds. The van der Waals surface area contributed by atoms with Crippen LogP contribution >= 0.6 is 0 Å². The summed E-state index contributed by atoms with van der Waals surface area (Å²) in [5, 5.41) is 3.78. The molecule has 1 fully saturated rings. The number of rotatable bonds is 6. The van der Waals surface area contributed by atoms with E-state index in [1.807, 2.05) is 0 Å². The predicted molar refractivity (Wildman–Crippen MR) is 69.7 cm³/mol. The average molecular weight is 227 g/mol. The van der Waals surface area contributed by atoms with Crippen molar-refractivity contribution in [2.45, 2.75) is 77.5 Å². The van der Waals surface area contributed by atoms with E-state index < -0.39 is 0 Å². The van der Waals surface area contributed by atoms with E-state index in [1.165, 1.54) is 38.5 Å². The highest BCUT2D eigenvalue weighted by atomic mass is 16.5. The number of ether oxygens (including phenoxy) is 1. The number of methoxy groups -OCH3 is 1. The summed E-state index contributed by atoms with van der Waals surface area (Å²) < 4.78 is 5.39. The van der Waals surface area contributed by atoms with Crippen molar-refractivity contribution in [1.82, 2.24) is 5.32 Å². The fourth-order valence-corrected chi connectivity index (χ4v) is 2.82. The Morgan fingerprint density at radius 2 is 1.94 bits per heavy atom. The number of nitrogens with one attached hydrogen (secondary N) is 1. The molecule has 1 saturated carbocycles. The molecule has 0 spiro atoms. The Labute approximate surface area is 101 Å². The van der Waals surface area contributed by atoms with Gasteiger partial charge in [0.05, 0.1) is 6.10 Å². The first-order valence-corrected chi connectivity index (χ1v) is 6.97. The van der Waals surface area contributed by atoms with Crippen molar-refractivity contribution in [2.75, 3.05) is 7.11 Å². The molecule has 0 heterocycles. The molecule has 1 aliphatic rings. The largest absolute Gasteiger partial charge is 0.380 e. The van der Waals surface area contributed by atoms with Crippen LogP contribution in [0.2, 0.25) is 0 Å². The summed E-state index contributed by atoms with van der Waals surface area (Å²) in [5.41, 5.74) is 0. The molecule has 0 saturated heterocycles. The Balaban J connectivity index is 2.42. The van der Waals surface area contributed by atoms with Gasteiger partial charge in [-0.1, -0.05) is 26.2 Å². The van der Waals surface area contributed by atoms with Crippen LogP contribution in [0.3, 0.4) is 0 Å². The molecule has 4 atom stereocenters. The molecule has 1 N–H and O–H groups in total. The van der Waals surface area contributed by atoms with Crippen LogP contribution in [0.4, 0.5) is 0 Å². The molecule has 2 nitrogen and oxygen atoms in total. The minimum atomic E-state index is 0.309. The minimum absolute atomic E-state index is 0.309. The molecule has 1 aliphatic carbocycles. The number of hydrogen-bond acceptors (Lipinski definition) is 2. The Kier molecular flexibility index (Phi) is 6.37. The number of hydrogen-bond donors (Lipinski definition) is 1. The normalized spacial score (nSPS) is 30.0. The summed E-state index contributed by atoms with van der Waals surface area (Å²) in [6, 6.07) is 1.19. The molecule has 0 bridgehead atoms. The van der Waals surface area contributed by atoms with Crippen LogP contribution in [0.15, 0.2) is 0 Å². The van der Waals surface area contributed by atoms with Gasteiger partial charge in [0.15, 0.2) is 0 Å². The van der Waals surface area contributed by atoms with Gasteiger partial charge in [-0.05, 0) is 39.0 Å². The zero-order valence-corrected chi connectivity index (χ0v) is 11.5. The lowest BCUT2D eigenvalue weighted by Crippen LogP contribution is -2.47. The first kappa shape index (κ1) is 14.0. The lowest BCUT2D eigenvalue weighted by atomic mass is 9.81. The molecule has 96 valence electrons. The second-order valence-corrected chi connectivity index (χ2v) is 5.34.